The van der Waals surface area contributed by atoms with Crippen LogP contribution in [0.2, 0.25) is 0 Å². The summed E-state index contributed by atoms with van der Waals surface area (Å²) in [6.45, 7) is 10.9. The molecule has 1 aromatic carbocycles. The molecule has 0 N–H and O–H groups in total. The Bertz CT molecular complexity index is 723. The number of hydrogen-bond donors (Lipinski definition) is 0. The van der Waals surface area contributed by atoms with Gasteiger partial charge in [-0.2, -0.15) is 0 Å². The minimum absolute atomic E-state index is 0.0416. The fraction of sp³-hybridized carbons (Fsp3) is 0.550. The number of fused-ring (bicyclic) bond motifs is 1. The normalized spacial score (nSPS) is 16.7. The lowest BCUT2D eigenvalue weighted by Crippen LogP contribution is -2.57. The lowest BCUT2D eigenvalue weighted by Gasteiger charge is -2.41. The van der Waals surface area contributed by atoms with Crippen LogP contribution in [0.1, 0.15) is 58.3 Å². The van der Waals surface area contributed by atoms with E-state index in [0.717, 1.165) is 0 Å². The smallest absolute Gasteiger partial charge is 0.328 e. The molecular formula is C20H27NO5. The molecule has 1 amide bonds. The highest BCUT2D eigenvalue weighted by Crippen LogP contribution is 2.39. The Hall–Kier alpha value is -2.37. The maximum absolute atomic E-state index is 13.0. The number of anilines is 1. The fourth-order valence-electron chi connectivity index (χ4n) is 2.75. The Morgan fingerprint density at radius 3 is 2.46 bits per heavy atom. The Balaban J connectivity index is 2.45. The molecular weight excluding hydrogens is 334 g/mol. The van der Waals surface area contributed by atoms with E-state index in [9.17, 15) is 14.4 Å². The van der Waals surface area contributed by atoms with Crippen molar-refractivity contribution < 1.29 is 23.9 Å². The standard InChI is InChI=1S/C20H27NO5/c1-7-16(22)14-8-9-17-15(10-14)21(19(24)20(5,6)26-17)13(4)18(23)25-11-12(2)3/h8-10,12-13H,7,11H2,1-6H3. The largest absolute Gasteiger partial charge is 0.476 e. The summed E-state index contributed by atoms with van der Waals surface area (Å²) in [7, 11) is 0. The second-order valence-electron chi connectivity index (χ2n) is 7.45. The number of ether oxygens (including phenoxy) is 2. The van der Waals surface area contributed by atoms with E-state index in [1.54, 1.807) is 45.9 Å². The molecule has 0 aliphatic carbocycles. The number of esters is 1. The summed E-state index contributed by atoms with van der Waals surface area (Å²) in [5, 5.41) is 0. The topological polar surface area (TPSA) is 72.9 Å². The van der Waals surface area contributed by atoms with Gasteiger partial charge in [0.2, 0.25) is 0 Å². The van der Waals surface area contributed by atoms with Crippen LogP contribution in [-0.4, -0.2) is 35.9 Å². The number of Topliss-reactive ketones (excluding diaryl/α,β-unsaturated/α-hetero) is 1. The highest BCUT2D eigenvalue weighted by molar-refractivity contribution is 6.07. The van der Waals surface area contributed by atoms with E-state index in [-0.39, 0.29) is 24.2 Å². The van der Waals surface area contributed by atoms with Crippen LogP contribution in [-0.2, 0) is 14.3 Å². The quantitative estimate of drug-likeness (QED) is 0.574. The van der Waals surface area contributed by atoms with Crippen molar-refractivity contribution in [3.8, 4) is 5.75 Å². The number of rotatable bonds is 6. The average molecular weight is 361 g/mol. The van der Waals surface area contributed by atoms with Gasteiger partial charge in [0.15, 0.2) is 11.4 Å². The Morgan fingerprint density at radius 2 is 1.88 bits per heavy atom. The molecule has 0 spiro atoms. The van der Waals surface area contributed by atoms with E-state index in [2.05, 4.69) is 0 Å². The first kappa shape index (κ1) is 19.9. The van der Waals surface area contributed by atoms with E-state index in [1.807, 2.05) is 13.8 Å². The summed E-state index contributed by atoms with van der Waals surface area (Å²) >= 11 is 0. The van der Waals surface area contributed by atoms with Crippen molar-refractivity contribution in [2.75, 3.05) is 11.5 Å². The van der Waals surface area contributed by atoms with Crippen LogP contribution in [0.4, 0.5) is 5.69 Å². The molecule has 1 aliphatic heterocycles. The van der Waals surface area contributed by atoms with E-state index in [4.69, 9.17) is 9.47 Å². The summed E-state index contributed by atoms with van der Waals surface area (Å²) < 4.78 is 11.1. The van der Waals surface area contributed by atoms with Gasteiger partial charge in [-0.15, -0.1) is 0 Å². The van der Waals surface area contributed by atoms with Gasteiger partial charge >= 0.3 is 5.97 Å². The monoisotopic (exact) mass is 361 g/mol. The Labute approximate surface area is 154 Å². The predicted molar refractivity (Wildman–Crippen MR) is 98.5 cm³/mol. The molecule has 1 atom stereocenters. The fourth-order valence-corrected chi connectivity index (χ4v) is 2.75. The molecule has 0 aromatic heterocycles. The van der Waals surface area contributed by atoms with Crippen LogP contribution in [0, 0.1) is 5.92 Å². The summed E-state index contributed by atoms with van der Waals surface area (Å²) in [5.41, 5.74) is -0.215. The second-order valence-corrected chi connectivity index (χ2v) is 7.45. The van der Waals surface area contributed by atoms with Gasteiger partial charge in [0.1, 0.15) is 11.8 Å². The van der Waals surface area contributed by atoms with E-state index in [1.165, 1.54) is 4.90 Å². The molecule has 6 heteroatoms. The minimum atomic E-state index is -1.12. The molecule has 26 heavy (non-hydrogen) atoms. The molecule has 142 valence electrons. The highest BCUT2D eigenvalue weighted by atomic mass is 16.5. The molecule has 0 saturated carbocycles. The highest BCUT2D eigenvalue weighted by Gasteiger charge is 2.45. The van der Waals surface area contributed by atoms with Crippen LogP contribution < -0.4 is 9.64 Å². The lowest BCUT2D eigenvalue weighted by molar-refractivity contribution is -0.148. The third-order valence-corrected chi connectivity index (χ3v) is 4.25. The van der Waals surface area contributed by atoms with Crippen molar-refractivity contribution in [1.29, 1.82) is 0 Å². The van der Waals surface area contributed by atoms with E-state index >= 15 is 0 Å². The van der Waals surface area contributed by atoms with Gasteiger partial charge in [0, 0.05) is 12.0 Å². The molecule has 1 heterocycles. The Kier molecular flexibility index (Phi) is 5.74. The van der Waals surface area contributed by atoms with Gasteiger partial charge in [-0.25, -0.2) is 4.79 Å². The van der Waals surface area contributed by atoms with Gasteiger partial charge in [-0.05, 0) is 44.9 Å². The van der Waals surface area contributed by atoms with Crippen LogP contribution in [0.3, 0.4) is 0 Å². The molecule has 1 aromatic rings. The number of carbonyl (C=O) groups excluding carboxylic acids is 3. The number of nitrogens with zero attached hydrogens (tertiary/aromatic N) is 1. The third kappa shape index (κ3) is 3.89. The SMILES string of the molecule is CCC(=O)c1ccc2c(c1)N(C(C)C(=O)OCC(C)C)C(=O)C(C)(C)O2. The van der Waals surface area contributed by atoms with Crippen molar-refractivity contribution in [3.05, 3.63) is 23.8 Å². The summed E-state index contributed by atoms with van der Waals surface area (Å²) in [4.78, 5) is 38.9. The summed E-state index contributed by atoms with van der Waals surface area (Å²) in [5.74, 6) is -0.210. The van der Waals surface area contributed by atoms with Crippen LogP contribution >= 0.6 is 0 Å². The average Bonchev–Trinajstić information content (AvgIpc) is 2.58. The maximum atomic E-state index is 13.0. The first-order chi connectivity index (χ1) is 12.1. The first-order valence-corrected chi connectivity index (χ1v) is 8.95. The van der Waals surface area contributed by atoms with Crippen LogP contribution in [0.15, 0.2) is 18.2 Å². The van der Waals surface area contributed by atoms with Gasteiger partial charge < -0.3 is 9.47 Å². The van der Waals surface area contributed by atoms with E-state index < -0.39 is 17.6 Å². The second kappa shape index (κ2) is 7.48. The Morgan fingerprint density at radius 1 is 1.23 bits per heavy atom. The van der Waals surface area contributed by atoms with Gasteiger partial charge in [-0.1, -0.05) is 20.8 Å². The van der Waals surface area contributed by atoms with Gasteiger partial charge in [-0.3, -0.25) is 14.5 Å². The van der Waals surface area contributed by atoms with Crippen LogP contribution in [0.5, 0.6) is 5.75 Å². The van der Waals surface area contributed by atoms with Gasteiger partial charge in [0.05, 0.1) is 12.3 Å². The van der Waals surface area contributed by atoms with Crippen molar-refractivity contribution in [3.63, 3.8) is 0 Å². The predicted octanol–water partition coefficient (Wildman–Crippen LogP) is 3.37. The lowest BCUT2D eigenvalue weighted by atomic mass is 9.99. The zero-order valence-electron chi connectivity index (χ0n) is 16.3. The molecule has 0 bridgehead atoms. The van der Waals surface area contributed by atoms with Crippen molar-refractivity contribution in [2.24, 2.45) is 5.92 Å². The molecule has 2 rings (SSSR count). The number of amides is 1. The maximum Gasteiger partial charge on any atom is 0.328 e. The summed E-state index contributed by atoms with van der Waals surface area (Å²) in [6.07, 6.45) is 0.352. The van der Waals surface area contributed by atoms with Gasteiger partial charge in [0.25, 0.3) is 5.91 Å². The molecule has 1 unspecified atom stereocenters. The number of carbonyl (C=O) groups is 3. The van der Waals surface area contributed by atoms with Crippen molar-refractivity contribution >= 4 is 23.3 Å². The number of hydrogen-bond acceptors (Lipinski definition) is 5. The minimum Gasteiger partial charge on any atom is -0.476 e. The zero-order chi connectivity index (χ0) is 19.6. The number of ketones is 1. The van der Waals surface area contributed by atoms with E-state index in [0.29, 0.717) is 23.4 Å². The van der Waals surface area contributed by atoms with Crippen LogP contribution in [0.25, 0.3) is 0 Å². The number of benzene rings is 1. The molecule has 6 nitrogen and oxygen atoms in total. The molecule has 0 radical (unpaired) electrons. The first-order valence-electron chi connectivity index (χ1n) is 8.95. The third-order valence-electron chi connectivity index (χ3n) is 4.25. The molecule has 0 fully saturated rings. The summed E-state index contributed by atoms with van der Waals surface area (Å²) in [6, 6.07) is 4.14. The van der Waals surface area contributed by atoms with Crippen molar-refractivity contribution in [1.82, 2.24) is 0 Å². The zero-order valence-corrected chi connectivity index (χ0v) is 16.3. The molecule has 0 saturated heterocycles. The molecule has 1 aliphatic rings. The van der Waals surface area contributed by atoms with Crippen molar-refractivity contribution in [2.45, 2.75) is 59.6 Å².